The number of rotatable bonds is 5. The molecule has 0 saturated carbocycles. The molecule has 0 aliphatic carbocycles. The molecule has 0 radical (unpaired) electrons. The van der Waals surface area contributed by atoms with Crippen molar-refractivity contribution in [1.29, 1.82) is 5.26 Å². The van der Waals surface area contributed by atoms with E-state index >= 15 is 0 Å². The van der Waals surface area contributed by atoms with Crippen LogP contribution in [0.2, 0.25) is 0 Å². The second kappa shape index (κ2) is 7.30. The lowest BCUT2D eigenvalue weighted by molar-refractivity contribution is -0.385. The Bertz CT molecular complexity index is 1070. The number of ether oxygens (including phenoxy) is 1. The normalized spacial score (nSPS) is 11.4. The zero-order chi connectivity index (χ0) is 19.6. The van der Waals surface area contributed by atoms with E-state index in [0.29, 0.717) is 23.6 Å². The van der Waals surface area contributed by atoms with Gasteiger partial charge in [0.2, 0.25) is 0 Å². The maximum atomic E-state index is 11.3. The molecule has 1 N–H and O–H groups in total. The van der Waals surface area contributed by atoms with E-state index in [1.54, 1.807) is 19.1 Å². The molecule has 0 amide bonds. The van der Waals surface area contributed by atoms with Gasteiger partial charge in [0.05, 0.1) is 28.1 Å². The van der Waals surface area contributed by atoms with Crippen molar-refractivity contribution in [3.8, 4) is 11.8 Å². The van der Waals surface area contributed by atoms with Crippen LogP contribution in [0.5, 0.6) is 5.75 Å². The highest BCUT2D eigenvalue weighted by Crippen LogP contribution is 2.30. The van der Waals surface area contributed by atoms with Gasteiger partial charge in [-0.05, 0) is 61.7 Å². The molecule has 0 bridgehead atoms. The number of allylic oxidation sites excluding steroid dienone is 1. The number of nitrogens with zero attached hydrogens (tertiary/aromatic N) is 3. The largest absolute Gasteiger partial charge is 0.487 e. The van der Waals surface area contributed by atoms with Crippen molar-refractivity contribution in [1.82, 2.24) is 9.97 Å². The number of nitro groups is 1. The maximum absolute atomic E-state index is 11.3. The Morgan fingerprint density at radius 3 is 2.74 bits per heavy atom. The zero-order valence-corrected chi connectivity index (χ0v) is 15.2. The van der Waals surface area contributed by atoms with Crippen LogP contribution in [0.1, 0.15) is 29.4 Å². The standard InChI is InChI=1S/C20H18N4O3/c1-4-27-19-6-5-14(10-18(19)24(25)26)9-15(11-21)20-22-16-7-12(2)13(3)8-17(16)23-20/h5-10H,4H2,1-3H3,(H,22,23)/b15-9-. The second-order valence-corrected chi connectivity index (χ2v) is 6.13. The molecule has 1 heterocycles. The van der Waals surface area contributed by atoms with Crippen molar-refractivity contribution in [2.75, 3.05) is 6.61 Å². The van der Waals surface area contributed by atoms with Crippen LogP contribution in [0.4, 0.5) is 5.69 Å². The number of H-pyrrole nitrogens is 1. The summed E-state index contributed by atoms with van der Waals surface area (Å²) in [5.41, 5.74) is 4.53. The molecule has 0 aliphatic heterocycles. The average molecular weight is 362 g/mol. The number of fused-ring (bicyclic) bond motifs is 1. The smallest absolute Gasteiger partial charge is 0.311 e. The molecule has 0 atom stereocenters. The fourth-order valence-electron chi connectivity index (χ4n) is 2.76. The third-order valence-corrected chi connectivity index (χ3v) is 4.26. The van der Waals surface area contributed by atoms with Crippen LogP contribution in [0, 0.1) is 35.3 Å². The van der Waals surface area contributed by atoms with Gasteiger partial charge in [-0.3, -0.25) is 10.1 Å². The summed E-state index contributed by atoms with van der Waals surface area (Å²) in [4.78, 5) is 18.4. The number of imidazole rings is 1. The van der Waals surface area contributed by atoms with Gasteiger partial charge in [0.15, 0.2) is 5.75 Å². The monoisotopic (exact) mass is 362 g/mol. The van der Waals surface area contributed by atoms with E-state index in [4.69, 9.17) is 4.74 Å². The Kier molecular flexibility index (Phi) is 4.90. The fourth-order valence-corrected chi connectivity index (χ4v) is 2.76. The number of hydrogen-bond acceptors (Lipinski definition) is 5. The lowest BCUT2D eigenvalue weighted by Crippen LogP contribution is -1.97. The lowest BCUT2D eigenvalue weighted by atomic mass is 10.1. The summed E-state index contributed by atoms with van der Waals surface area (Å²) in [5.74, 6) is 0.627. The molecule has 0 unspecified atom stereocenters. The molecule has 0 spiro atoms. The Hall–Kier alpha value is -3.66. The minimum absolute atomic E-state index is 0.140. The van der Waals surface area contributed by atoms with E-state index in [2.05, 4.69) is 16.0 Å². The van der Waals surface area contributed by atoms with Gasteiger partial charge in [-0.1, -0.05) is 6.07 Å². The Morgan fingerprint density at radius 2 is 2.07 bits per heavy atom. The van der Waals surface area contributed by atoms with Crippen molar-refractivity contribution >= 4 is 28.4 Å². The van der Waals surface area contributed by atoms with E-state index in [1.165, 1.54) is 12.1 Å². The van der Waals surface area contributed by atoms with Crippen LogP contribution in [0.25, 0.3) is 22.7 Å². The van der Waals surface area contributed by atoms with Gasteiger partial charge < -0.3 is 9.72 Å². The van der Waals surface area contributed by atoms with Gasteiger partial charge in [-0.15, -0.1) is 0 Å². The number of nitro benzene ring substituents is 1. The van der Waals surface area contributed by atoms with E-state index in [9.17, 15) is 15.4 Å². The van der Waals surface area contributed by atoms with Crippen LogP contribution in [-0.4, -0.2) is 21.5 Å². The highest BCUT2D eigenvalue weighted by Gasteiger charge is 2.16. The summed E-state index contributed by atoms with van der Waals surface area (Å²) < 4.78 is 5.29. The molecular formula is C20H18N4O3. The molecule has 7 nitrogen and oxygen atoms in total. The first kappa shape index (κ1) is 18.1. The molecule has 2 aromatic carbocycles. The number of nitrogens with one attached hydrogen (secondary N) is 1. The second-order valence-electron chi connectivity index (χ2n) is 6.13. The summed E-state index contributed by atoms with van der Waals surface area (Å²) in [6.07, 6.45) is 1.57. The minimum Gasteiger partial charge on any atom is -0.487 e. The third kappa shape index (κ3) is 3.65. The molecule has 27 heavy (non-hydrogen) atoms. The molecule has 0 aliphatic rings. The van der Waals surface area contributed by atoms with Crippen LogP contribution in [0.3, 0.4) is 0 Å². The Balaban J connectivity index is 2.05. The van der Waals surface area contributed by atoms with Gasteiger partial charge in [0.25, 0.3) is 0 Å². The molecule has 3 aromatic rings. The summed E-state index contributed by atoms with van der Waals surface area (Å²) in [6.45, 7) is 6.10. The molecular weight excluding hydrogens is 344 g/mol. The van der Waals surface area contributed by atoms with Crippen molar-refractivity contribution in [3.05, 3.63) is 63.0 Å². The van der Waals surface area contributed by atoms with Crippen molar-refractivity contribution in [2.45, 2.75) is 20.8 Å². The van der Waals surface area contributed by atoms with Gasteiger partial charge in [-0.25, -0.2) is 4.98 Å². The van der Waals surface area contributed by atoms with Crippen LogP contribution in [-0.2, 0) is 0 Å². The van der Waals surface area contributed by atoms with Gasteiger partial charge >= 0.3 is 5.69 Å². The number of aromatic amines is 1. The zero-order valence-electron chi connectivity index (χ0n) is 15.2. The number of hydrogen-bond donors (Lipinski definition) is 1. The number of benzene rings is 2. The van der Waals surface area contributed by atoms with E-state index in [-0.39, 0.29) is 11.4 Å². The van der Waals surface area contributed by atoms with Crippen molar-refractivity contribution in [2.24, 2.45) is 0 Å². The summed E-state index contributed by atoms with van der Waals surface area (Å²) in [6, 6.07) is 10.7. The summed E-state index contributed by atoms with van der Waals surface area (Å²) in [7, 11) is 0. The minimum atomic E-state index is -0.499. The first-order chi connectivity index (χ1) is 12.9. The molecule has 7 heteroatoms. The lowest BCUT2D eigenvalue weighted by Gasteiger charge is -2.04. The summed E-state index contributed by atoms with van der Waals surface area (Å²) in [5, 5.41) is 20.8. The number of nitriles is 1. The van der Waals surface area contributed by atoms with Gasteiger partial charge in [0.1, 0.15) is 11.9 Å². The van der Waals surface area contributed by atoms with Gasteiger partial charge in [0, 0.05) is 6.07 Å². The first-order valence-electron chi connectivity index (χ1n) is 8.43. The first-order valence-corrected chi connectivity index (χ1v) is 8.43. The fraction of sp³-hybridized carbons (Fsp3) is 0.200. The Morgan fingerprint density at radius 1 is 1.33 bits per heavy atom. The predicted octanol–water partition coefficient (Wildman–Crippen LogP) is 4.55. The molecule has 0 saturated heterocycles. The molecule has 1 aromatic heterocycles. The highest BCUT2D eigenvalue weighted by atomic mass is 16.6. The van der Waals surface area contributed by atoms with Crippen LogP contribution < -0.4 is 4.74 Å². The number of aromatic nitrogens is 2. The summed E-state index contributed by atoms with van der Waals surface area (Å²) >= 11 is 0. The van der Waals surface area contributed by atoms with Gasteiger partial charge in [-0.2, -0.15) is 5.26 Å². The van der Waals surface area contributed by atoms with Crippen molar-refractivity contribution in [3.63, 3.8) is 0 Å². The highest BCUT2D eigenvalue weighted by molar-refractivity contribution is 5.90. The van der Waals surface area contributed by atoms with E-state index in [0.717, 1.165) is 22.2 Å². The van der Waals surface area contributed by atoms with Crippen LogP contribution >= 0.6 is 0 Å². The predicted molar refractivity (Wildman–Crippen MR) is 103 cm³/mol. The third-order valence-electron chi connectivity index (χ3n) is 4.26. The number of aryl methyl sites for hydroxylation is 2. The van der Waals surface area contributed by atoms with Crippen molar-refractivity contribution < 1.29 is 9.66 Å². The van der Waals surface area contributed by atoms with E-state index in [1.807, 2.05) is 26.0 Å². The van der Waals surface area contributed by atoms with E-state index < -0.39 is 4.92 Å². The maximum Gasteiger partial charge on any atom is 0.311 e. The average Bonchev–Trinajstić information content (AvgIpc) is 3.03. The molecule has 3 rings (SSSR count). The van der Waals surface area contributed by atoms with Crippen LogP contribution in [0.15, 0.2) is 30.3 Å². The SMILES string of the molecule is CCOc1ccc(/C=C(/C#N)c2nc3cc(C)c(C)cc3[nH]2)cc1[N+](=O)[O-]. The topological polar surface area (TPSA) is 105 Å². The quantitative estimate of drug-likeness (QED) is 0.407. The molecule has 136 valence electrons. The molecule has 0 fully saturated rings. The Labute approximate surface area is 156 Å².